The number of nitrogen functional groups attached to an aromatic ring is 1. The third-order valence-corrected chi connectivity index (χ3v) is 3.01. The van der Waals surface area contributed by atoms with Crippen molar-refractivity contribution in [1.29, 1.82) is 0 Å². The molecule has 0 saturated heterocycles. The number of hydrogen-bond donors (Lipinski definition) is 3. The number of rotatable bonds is 1. The Kier molecular flexibility index (Phi) is 2.61. The van der Waals surface area contributed by atoms with Crippen molar-refractivity contribution in [2.45, 2.75) is 0 Å². The number of aromatic hydroxyl groups is 2. The molecular formula is C15H11NO4. The SMILES string of the molecule is Nc1ccc(O)cc1-c1cc(=O)c2cc(O)ccc2o1. The number of phenolic OH excluding ortho intramolecular Hbond substituents is 2. The van der Waals surface area contributed by atoms with Crippen LogP contribution in [0.2, 0.25) is 0 Å². The Morgan fingerprint density at radius 2 is 1.65 bits per heavy atom. The fourth-order valence-corrected chi connectivity index (χ4v) is 2.03. The van der Waals surface area contributed by atoms with Gasteiger partial charge in [-0.2, -0.15) is 0 Å². The molecular weight excluding hydrogens is 258 g/mol. The molecule has 0 bridgehead atoms. The Morgan fingerprint density at radius 1 is 0.950 bits per heavy atom. The van der Waals surface area contributed by atoms with Gasteiger partial charge in [-0.15, -0.1) is 0 Å². The summed E-state index contributed by atoms with van der Waals surface area (Å²) in [6, 6.07) is 9.99. The zero-order valence-electron chi connectivity index (χ0n) is 10.3. The molecule has 1 heterocycles. The topological polar surface area (TPSA) is 96.7 Å². The van der Waals surface area contributed by atoms with Crippen LogP contribution in [-0.4, -0.2) is 10.2 Å². The number of nitrogens with two attached hydrogens (primary N) is 1. The molecule has 0 aliphatic rings. The Bertz CT molecular complexity index is 867. The quantitative estimate of drug-likeness (QED) is 0.465. The second kappa shape index (κ2) is 4.31. The van der Waals surface area contributed by atoms with E-state index in [1.54, 1.807) is 0 Å². The van der Waals surface area contributed by atoms with Gasteiger partial charge in [0, 0.05) is 17.3 Å². The second-order valence-corrected chi connectivity index (χ2v) is 4.43. The van der Waals surface area contributed by atoms with Crippen LogP contribution in [0.5, 0.6) is 11.5 Å². The first-order chi connectivity index (χ1) is 9.54. The molecule has 2 aromatic carbocycles. The third kappa shape index (κ3) is 1.95. The molecule has 0 radical (unpaired) electrons. The van der Waals surface area contributed by atoms with Gasteiger partial charge in [-0.3, -0.25) is 4.79 Å². The minimum absolute atomic E-state index is 0.00517. The summed E-state index contributed by atoms with van der Waals surface area (Å²) in [5.74, 6) is 0.290. The van der Waals surface area contributed by atoms with Crippen LogP contribution in [0.1, 0.15) is 0 Å². The van der Waals surface area contributed by atoms with Crippen molar-refractivity contribution in [1.82, 2.24) is 0 Å². The van der Waals surface area contributed by atoms with Crippen LogP contribution in [0.25, 0.3) is 22.3 Å². The van der Waals surface area contributed by atoms with E-state index in [2.05, 4.69) is 0 Å². The van der Waals surface area contributed by atoms with E-state index in [1.807, 2.05) is 0 Å². The van der Waals surface area contributed by atoms with Crippen molar-refractivity contribution in [3.63, 3.8) is 0 Å². The van der Waals surface area contributed by atoms with E-state index in [9.17, 15) is 15.0 Å². The second-order valence-electron chi connectivity index (χ2n) is 4.43. The number of fused-ring (bicyclic) bond motifs is 1. The van der Waals surface area contributed by atoms with Gasteiger partial charge in [0.05, 0.1) is 5.39 Å². The van der Waals surface area contributed by atoms with Crippen LogP contribution in [0.4, 0.5) is 5.69 Å². The maximum atomic E-state index is 12.0. The van der Waals surface area contributed by atoms with Gasteiger partial charge in [0.1, 0.15) is 22.8 Å². The summed E-state index contributed by atoms with van der Waals surface area (Å²) in [6.07, 6.45) is 0. The first-order valence-electron chi connectivity index (χ1n) is 5.90. The monoisotopic (exact) mass is 269 g/mol. The van der Waals surface area contributed by atoms with Gasteiger partial charge in [0.2, 0.25) is 0 Å². The first-order valence-corrected chi connectivity index (χ1v) is 5.90. The van der Waals surface area contributed by atoms with Crippen molar-refractivity contribution in [2.75, 3.05) is 5.73 Å². The van der Waals surface area contributed by atoms with E-state index < -0.39 is 0 Å². The summed E-state index contributed by atoms with van der Waals surface area (Å²) in [6.45, 7) is 0. The van der Waals surface area contributed by atoms with Gasteiger partial charge in [-0.25, -0.2) is 0 Å². The van der Waals surface area contributed by atoms with Crippen molar-refractivity contribution in [2.24, 2.45) is 0 Å². The molecule has 0 atom stereocenters. The zero-order chi connectivity index (χ0) is 14.3. The lowest BCUT2D eigenvalue weighted by Gasteiger charge is -2.07. The molecule has 4 N–H and O–H groups in total. The highest BCUT2D eigenvalue weighted by Crippen LogP contribution is 2.30. The average molecular weight is 269 g/mol. The van der Waals surface area contributed by atoms with Gasteiger partial charge in [0.15, 0.2) is 5.43 Å². The number of hydrogen-bond acceptors (Lipinski definition) is 5. The smallest absolute Gasteiger partial charge is 0.193 e. The molecule has 1 aromatic heterocycles. The fourth-order valence-electron chi connectivity index (χ4n) is 2.03. The highest BCUT2D eigenvalue weighted by molar-refractivity contribution is 5.82. The summed E-state index contributed by atoms with van der Waals surface area (Å²) in [5.41, 5.74) is 6.71. The van der Waals surface area contributed by atoms with Crippen molar-refractivity contribution < 1.29 is 14.6 Å². The van der Waals surface area contributed by atoms with Crippen LogP contribution in [0, 0.1) is 0 Å². The summed E-state index contributed by atoms with van der Waals surface area (Å²) in [5, 5.41) is 19.2. The molecule has 5 nitrogen and oxygen atoms in total. The van der Waals surface area contributed by atoms with Gasteiger partial charge in [0.25, 0.3) is 0 Å². The van der Waals surface area contributed by atoms with Crippen LogP contribution in [0.3, 0.4) is 0 Å². The first kappa shape index (κ1) is 12.1. The predicted molar refractivity (Wildman–Crippen MR) is 75.7 cm³/mol. The molecule has 0 aliphatic heterocycles. The van der Waals surface area contributed by atoms with Crippen LogP contribution < -0.4 is 11.2 Å². The van der Waals surface area contributed by atoms with E-state index in [0.717, 1.165) is 0 Å². The van der Waals surface area contributed by atoms with E-state index in [1.165, 1.54) is 42.5 Å². The van der Waals surface area contributed by atoms with E-state index >= 15 is 0 Å². The molecule has 0 unspecified atom stereocenters. The molecule has 100 valence electrons. The van der Waals surface area contributed by atoms with E-state index in [0.29, 0.717) is 16.8 Å². The van der Waals surface area contributed by atoms with Gasteiger partial charge in [-0.05, 0) is 36.4 Å². The van der Waals surface area contributed by atoms with Gasteiger partial charge >= 0.3 is 0 Å². The Morgan fingerprint density at radius 3 is 2.45 bits per heavy atom. The average Bonchev–Trinajstić information content (AvgIpc) is 2.42. The largest absolute Gasteiger partial charge is 0.508 e. The maximum absolute atomic E-state index is 12.0. The van der Waals surface area contributed by atoms with E-state index in [4.69, 9.17) is 10.2 Å². The summed E-state index contributed by atoms with van der Waals surface area (Å²) in [4.78, 5) is 12.0. The zero-order valence-corrected chi connectivity index (χ0v) is 10.3. The Hall–Kier alpha value is -2.95. The lowest BCUT2D eigenvalue weighted by Crippen LogP contribution is -2.01. The fraction of sp³-hybridized carbons (Fsp3) is 0. The number of anilines is 1. The maximum Gasteiger partial charge on any atom is 0.193 e. The Labute approximate surface area is 113 Å². The minimum Gasteiger partial charge on any atom is -0.508 e. The number of phenols is 2. The molecule has 20 heavy (non-hydrogen) atoms. The van der Waals surface area contributed by atoms with Gasteiger partial charge < -0.3 is 20.4 Å². The van der Waals surface area contributed by atoms with Crippen LogP contribution >= 0.6 is 0 Å². The number of benzene rings is 2. The van der Waals surface area contributed by atoms with Crippen molar-refractivity contribution >= 4 is 16.7 Å². The lowest BCUT2D eigenvalue weighted by molar-refractivity contribution is 0.475. The van der Waals surface area contributed by atoms with Crippen molar-refractivity contribution in [3.8, 4) is 22.8 Å². The van der Waals surface area contributed by atoms with Crippen molar-refractivity contribution in [3.05, 3.63) is 52.7 Å². The highest BCUT2D eigenvalue weighted by Gasteiger charge is 2.10. The summed E-state index contributed by atoms with van der Waals surface area (Å²) >= 11 is 0. The normalized spacial score (nSPS) is 10.8. The molecule has 0 saturated carbocycles. The highest BCUT2D eigenvalue weighted by atomic mass is 16.3. The van der Waals surface area contributed by atoms with Crippen LogP contribution in [-0.2, 0) is 0 Å². The molecule has 0 aliphatic carbocycles. The molecule has 0 spiro atoms. The standard InChI is InChI=1S/C15H11NO4/c16-12-3-1-8(17)5-10(12)15-7-13(19)11-6-9(18)2-4-14(11)20-15/h1-7,17-18H,16H2. The molecule has 5 heteroatoms. The summed E-state index contributed by atoms with van der Waals surface area (Å²) in [7, 11) is 0. The molecule has 3 aromatic rings. The molecule has 0 amide bonds. The van der Waals surface area contributed by atoms with Crippen LogP contribution in [0.15, 0.2) is 51.7 Å². The van der Waals surface area contributed by atoms with E-state index in [-0.39, 0.29) is 28.1 Å². The van der Waals surface area contributed by atoms with Gasteiger partial charge in [-0.1, -0.05) is 0 Å². The molecule has 0 fully saturated rings. The molecule has 3 rings (SSSR count). The lowest BCUT2D eigenvalue weighted by atomic mass is 10.1. The third-order valence-electron chi connectivity index (χ3n) is 3.01. The Balaban J connectivity index is 2.30. The predicted octanol–water partition coefficient (Wildman–Crippen LogP) is 2.45. The minimum atomic E-state index is -0.292. The summed E-state index contributed by atoms with van der Waals surface area (Å²) < 4.78 is 5.62.